The average Bonchev–Trinajstić information content (AvgIpc) is 2.23. The largest absolute Gasteiger partial charge is 0.388 e. The third kappa shape index (κ3) is 5.53. The lowest BCUT2D eigenvalue weighted by Crippen LogP contribution is -2.46. The van der Waals surface area contributed by atoms with Crippen LogP contribution in [0.5, 0.6) is 0 Å². The predicted molar refractivity (Wildman–Crippen MR) is 71.8 cm³/mol. The van der Waals surface area contributed by atoms with Gasteiger partial charge >= 0.3 is 0 Å². The van der Waals surface area contributed by atoms with Crippen molar-refractivity contribution in [3.63, 3.8) is 0 Å². The predicted octanol–water partition coefficient (Wildman–Crippen LogP) is 2.73. The zero-order valence-electron chi connectivity index (χ0n) is 12.3. The summed E-state index contributed by atoms with van der Waals surface area (Å²) in [5.41, 5.74) is -1.12. The summed E-state index contributed by atoms with van der Waals surface area (Å²) in [6.45, 7) is 12.4. The first-order valence-corrected chi connectivity index (χ1v) is 6.67. The molecular formula is C14H29NO2. The first-order chi connectivity index (χ1) is 7.67. The highest BCUT2D eigenvalue weighted by Gasteiger charge is 2.30. The van der Waals surface area contributed by atoms with Gasteiger partial charge in [0.2, 0.25) is 5.91 Å². The minimum atomic E-state index is -0.760. The van der Waals surface area contributed by atoms with Gasteiger partial charge in [-0.25, -0.2) is 0 Å². The Morgan fingerprint density at radius 2 is 1.71 bits per heavy atom. The fraction of sp³-hybridized carbons (Fsp3) is 0.929. The lowest BCUT2D eigenvalue weighted by Gasteiger charge is -2.30. The van der Waals surface area contributed by atoms with Crippen LogP contribution in [0.4, 0.5) is 0 Å². The standard InChI is InChI=1S/C14H29NO2/c1-7-14(17,8-2)10-15-12(16)13(5,6)9-11(3)4/h11,17H,7-10H2,1-6H3,(H,15,16). The summed E-state index contributed by atoms with van der Waals surface area (Å²) < 4.78 is 0. The van der Waals surface area contributed by atoms with Crippen molar-refractivity contribution in [3.05, 3.63) is 0 Å². The Balaban J connectivity index is 4.35. The lowest BCUT2D eigenvalue weighted by atomic mass is 9.83. The van der Waals surface area contributed by atoms with Gasteiger partial charge in [-0.1, -0.05) is 41.5 Å². The molecular weight excluding hydrogens is 214 g/mol. The van der Waals surface area contributed by atoms with Crippen LogP contribution in [0.15, 0.2) is 0 Å². The molecule has 0 spiro atoms. The molecule has 0 saturated carbocycles. The molecule has 0 fully saturated rings. The number of aliphatic hydroxyl groups is 1. The summed E-state index contributed by atoms with van der Waals surface area (Å²) in [4.78, 5) is 12.1. The second kappa shape index (κ2) is 6.39. The molecule has 0 rings (SSSR count). The Hall–Kier alpha value is -0.570. The van der Waals surface area contributed by atoms with Crippen molar-refractivity contribution in [2.45, 2.75) is 66.4 Å². The van der Waals surface area contributed by atoms with E-state index in [0.29, 0.717) is 25.3 Å². The quantitative estimate of drug-likeness (QED) is 0.722. The third-order valence-corrected chi connectivity index (χ3v) is 3.43. The number of nitrogens with one attached hydrogen (secondary N) is 1. The monoisotopic (exact) mass is 243 g/mol. The number of amides is 1. The van der Waals surface area contributed by atoms with Crippen LogP contribution in [0.3, 0.4) is 0 Å². The smallest absolute Gasteiger partial charge is 0.225 e. The maximum absolute atomic E-state index is 12.1. The first-order valence-electron chi connectivity index (χ1n) is 6.67. The van der Waals surface area contributed by atoms with Gasteiger partial charge in [-0.2, -0.15) is 0 Å². The van der Waals surface area contributed by atoms with Crippen LogP contribution < -0.4 is 5.32 Å². The summed E-state index contributed by atoms with van der Waals surface area (Å²) in [6, 6.07) is 0. The average molecular weight is 243 g/mol. The highest BCUT2D eigenvalue weighted by molar-refractivity contribution is 5.81. The van der Waals surface area contributed by atoms with Gasteiger partial charge in [0, 0.05) is 12.0 Å². The first kappa shape index (κ1) is 16.4. The Morgan fingerprint density at radius 1 is 1.24 bits per heavy atom. The molecule has 0 atom stereocenters. The van der Waals surface area contributed by atoms with Crippen molar-refractivity contribution < 1.29 is 9.90 Å². The highest BCUT2D eigenvalue weighted by atomic mass is 16.3. The van der Waals surface area contributed by atoms with Crippen LogP contribution in [0.2, 0.25) is 0 Å². The molecule has 0 aliphatic heterocycles. The molecule has 17 heavy (non-hydrogen) atoms. The van der Waals surface area contributed by atoms with Gasteiger partial charge in [0.15, 0.2) is 0 Å². The van der Waals surface area contributed by atoms with Crippen molar-refractivity contribution >= 4 is 5.91 Å². The van der Waals surface area contributed by atoms with E-state index in [1.165, 1.54) is 0 Å². The minimum absolute atomic E-state index is 0.0338. The Bertz CT molecular complexity index is 243. The molecule has 1 amide bonds. The van der Waals surface area contributed by atoms with Crippen molar-refractivity contribution in [1.82, 2.24) is 5.32 Å². The van der Waals surface area contributed by atoms with E-state index in [4.69, 9.17) is 0 Å². The third-order valence-electron chi connectivity index (χ3n) is 3.43. The van der Waals surface area contributed by atoms with E-state index >= 15 is 0 Å². The summed E-state index contributed by atoms with van der Waals surface area (Å²) in [6.07, 6.45) is 2.18. The van der Waals surface area contributed by atoms with Crippen molar-refractivity contribution in [2.75, 3.05) is 6.54 Å². The second-order valence-corrected chi connectivity index (χ2v) is 6.10. The van der Waals surface area contributed by atoms with Gasteiger partial charge in [0.25, 0.3) is 0 Å². The van der Waals surface area contributed by atoms with E-state index < -0.39 is 5.60 Å². The molecule has 3 heteroatoms. The van der Waals surface area contributed by atoms with E-state index in [2.05, 4.69) is 19.2 Å². The van der Waals surface area contributed by atoms with E-state index in [0.717, 1.165) is 6.42 Å². The molecule has 0 radical (unpaired) electrons. The Morgan fingerprint density at radius 3 is 2.06 bits per heavy atom. The SMILES string of the molecule is CCC(O)(CC)CNC(=O)C(C)(C)CC(C)C. The van der Waals surface area contributed by atoms with Crippen LogP contribution >= 0.6 is 0 Å². The van der Waals surface area contributed by atoms with Crippen LogP contribution in [-0.2, 0) is 4.79 Å². The highest BCUT2D eigenvalue weighted by Crippen LogP contribution is 2.25. The summed E-state index contributed by atoms with van der Waals surface area (Å²) >= 11 is 0. The Kier molecular flexibility index (Phi) is 6.17. The maximum atomic E-state index is 12.1. The summed E-state index contributed by atoms with van der Waals surface area (Å²) in [5.74, 6) is 0.526. The van der Waals surface area contributed by atoms with Crippen LogP contribution in [-0.4, -0.2) is 23.2 Å². The van der Waals surface area contributed by atoms with Crippen LogP contribution in [0.1, 0.15) is 60.8 Å². The molecule has 0 bridgehead atoms. The molecule has 2 N–H and O–H groups in total. The van der Waals surface area contributed by atoms with E-state index in [1.807, 2.05) is 27.7 Å². The van der Waals surface area contributed by atoms with Crippen molar-refractivity contribution in [2.24, 2.45) is 11.3 Å². The minimum Gasteiger partial charge on any atom is -0.388 e. The normalized spacial score (nSPS) is 12.9. The summed E-state index contributed by atoms with van der Waals surface area (Å²) in [5, 5.41) is 13.0. The molecule has 0 saturated heterocycles. The van der Waals surface area contributed by atoms with Gasteiger partial charge in [0.05, 0.1) is 5.60 Å². The molecule has 102 valence electrons. The fourth-order valence-electron chi connectivity index (χ4n) is 2.10. The zero-order chi connectivity index (χ0) is 13.7. The number of carbonyl (C=O) groups is 1. The van der Waals surface area contributed by atoms with Gasteiger partial charge in [0.1, 0.15) is 0 Å². The molecule has 0 aromatic heterocycles. The van der Waals surface area contributed by atoms with Gasteiger partial charge in [-0.3, -0.25) is 4.79 Å². The van der Waals surface area contributed by atoms with Gasteiger partial charge < -0.3 is 10.4 Å². The van der Waals surface area contributed by atoms with E-state index in [1.54, 1.807) is 0 Å². The van der Waals surface area contributed by atoms with Crippen molar-refractivity contribution in [1.29, 1.82) is 0 Å². The van der Waals surface area contributed by atoms with Gasteiger partial charge in [-0.05, 0) is 25.2 Å². The Labute approximate surface area is 106 Å². The van der Waals surface area contributed by atoms with Crippen LogP contribution in [0, 0.1) is 11.3 Å². The number of hydrogen-bond donors (Lipinski definition) is 2. The summed E-state index contributed by atoms with van der Waals surface area (Å²) in [7, 11) is 0. The molecule has 3 nitrogen and oxygen atoms in total. The second-order valence-electron chi connectivity index (χ2n) is 6.10. The molecule has 0 aromatic carbocycles. The maximum Gasteiger partial charge on any atom is 0.225 e. The van der Waals surface area contributed by atoms with E-state index in [-0.39, 0.29) is 11.3 Å². The fourth-order valence-corrected chi connectivity index (χ4v) is 2.10. The lowest BCUT2D eigenvalue weighted by molar-refractivity contribution is -0.131. The van der Waals surface area contributed by atoms with Crippen LogP contribution in [0.25, 0.3) is 0 Å². The molecule has 0 aliphatic rings. The molecule has 0 aromatic rings. The number of rotatable bonds is 7. The zero-order valence-corrected chi connectivity index (χ0v) is 12.3. The molecule has 0 heterocycles. The topological polar surface area (TPSA) is 49.3 Å². The van der Waals surface area contributed by atoms with Gasteiger partial charge in [-0.15, -0.1) is 0 Å². The molecule has 0 unspecified atom stereocenters. The number of carbonyl (C=O) groups excluding carboxylic acids is 1. The van der Waals surface area contributed by atoms with E-state index in [9.17, 15) is 9.90 Å². The van der Waals surface area contributed by atoms with Crippen molar-refractivity contribution in [3.8, 4) is 0 Å². The number of hydrogen-bond acceptors (Lipinski definition) is 2. The molecule has 0 aliphatic carbocycles.